The van der Waals surface area contributed by atoms with Crippen LogP contribution in [0, 0.1) is 0 Å². The van der Waals surface area contributed by atoms with Gasteiger partial charge in [-0.2, -0.15) is 0 Å². The molecule has 0 fully saturated rings. The number of benzene rings is 2. The summed E-state index contributed by atoms with van der Waals surface area (Å²) in [5.74, 6) is -0.573. The summed E-state index contributed by atoms with van der Waals surface area (Å²) in [6.07, 6.45) is 10.8. The van der Waals surface area contributed by atoms with Gasteiger partial charge in [0.1, 0.15) is 6.04 Å². The van der Waals surface area contributed by atoms with Crippen LogP contribution in [0.5, 0.6) is 0 Å². The Morgan fingerprint density at radius 3 is 2.33 bits per heavy atom. The van der Waals surface area contributed by atoms with Gasteiger partial charge in [0, 0.05) is 30.5 Å². The first kappa shape index (κ1) is 27.8. The number of amides is 1. The number of halogens is 2. The maximum atomic E-state index is 12.8. The van der Waals surface area contributed by atoms with Gasteiger partial charge in [-0.3, -0.25) is 9.78 Å². The van der Waals surface area contributed by atoms with E-state index in [2.05, 4.69) is 20.3 Å². The van der Waals surface area contributed by atoms with Crippen LogP contribution in [0.4, 0.5) is 11.6 Å². The Morgan fingerprint density at radius 1 is 0.974 bits per heavy atom. The van der Waals surface area contributed by atoms with Crippen LogP contribution in [0.2, 0.25) is 10.0 Å². The molecule has 8 nitrogen and oxygen atoms in total. The summed E-state index contributed by atoms with van der Waals surface area (Å²) in [7, 11) is 1.26. The quantitative estimate of drug-likeness (QED) is 0.241. The summed E-state index contributed by atoms with van der Waals surface area (Å²) < 4.78 is 4.87. The molecule has 1 amide bonds. The van der Waals surface area contributed by atoms with Gasteiger partial charge >= 0.3 is 5.97 Å². The molecule has 198 valence electrons. The highest BCUT2D eigenvalue weighted by molar-refractivity contribution is 6.39. The normalized spacial score (nSPS) is 11.7. The molecule has 0 aliphatic carbocycles. The van der Waals surface area contributed by atoms with E-state index in [4.69, 9.17) is 27.9 Å². The first-order valence-corrected chi connectivity index (χ1v) is 12.7. The Kier molecular flexibility index (Phi) is 9.61. The molecule has 2 aromatic heterocycles. The molecule has 2 aromatic carbocycles. The molecule has 1 atom stereocenters. The molecule has 39 heavy (non-hydrogen) atoms. The van der Waals surface area contributed by atoms with Gasteiger partial charge in [-0.1, -0.05) is 59.6 Å². The molecule has 4 rings (SSSR count). The van der Waals surface area contributed by atoms with Crippen LogP contribution in [-0.4, -0.2) is 40.0 Å². The van der Waals surface area contributed by atoms with Crippen molar-refractivity contribution in [3.05, 3.63) is 118 Å². The number of pyridine rings is 1. The van der Waals surface area contributed by atoms with Gasteiger partial charge in [-0.05, 0) is 53.9 Å². The molecule has 0 bridgehead atoms. The number of rotatable bonds is 10. The van der Waals surface area contributed by atoms with Crippen LogP contribution >= 0.6 is 23.2 Å². The molecule has 0 saturated carbocycles. The number of methoxy groups -OCH3 is 1. The molecule has 10 heteroatoms. The van der Waals surface area contributed by atoms with Gasteiger partial charge in [-0.15, -0.1) is 0 Å². The van der Waals surface area contributed by atoms with E-state index < -0.39 is 17.9 Å². The van der Waals surface area contributed by atoms with Crippen molar-refractivity contribution in [3.63, 3.8) is 0 Å². The number of anilines is 2. The average Bonchev–Trinajstić information content (AvgIpc) is 2.96. The molecule has 0 aliphatic rings. The summed E-state index contributed by atoms with van der Waals surface area (Å²) in [5.41, 5.74) is 2.92. The van der Waals surface area contributed by atoms with Crippen molar-refractivity contribution in [1.29, 1.82) is 0 Å². The second-order valence-corrected chi connectivity index (χ2v) is 9.19. The third-order valence-electron chi connectivity index (χ3n) is 5.72. The minimum atomic E-state index is -0.921. The fraction of sp³-hybridized carbons (Fsp3) is 0.138. The molecule has 1 unspecified atom stereocenters. The Hall–Kier alpha value is -4.27. The van der Waals surface area contributed by atoms with Gasteiger partial charge < -0.3 is 15.0 Å². The van der Waals surface area contributed by atoms with Crippen LogP contribution in [0.1, 0.15) is 27.9 Å². The zero-order valence-corrected chi connectivity index (χ0v) is 22.5. The number of carbonyl (C=O) groups is 2. The molecule has 2 heterocycles. The van der Waals surface area contributed by atoms with E-state index in [1.165, 1.54) is 7.11 Å². The van der Waals surface area contributed by atoms with Gasteiger partial charge in [0.25, 0.3) is 5.91 Å². The first-order chi connectivity index (χ1) is 19.0. The third-order valence-corrected chi connectivity index (χ3v) is 6.35. The number of esters is 1. The minimum absolute atomic E-state index is 0.104. The third kappa shape index (κ3) is 7.40. The van der Waals surface area contributed by atoms with Crippen LogP contribution in [0.3, 0.4) is 0 Å². The van der Waals surface area contributed by atoms with Crippen molar-refractivity contribution < 1.29 is 14.3 Å². The number of ether oxygens (including phenoxy) is 1. The van der Waals surface area contributed by atoms with E-state index >= 15 is 0 Å². The lowest BCUT2D eigenvalue weighted by molar-refractivity contribution is -0.142. The Bertz CT molecular complexity index is 1410. The van der Waals surface area contributed by atoms with E-state index in [1.54, 1.807) is 48.9 Å². The maximum Gasteiger partial charge on any atom is 0.328 e. The van der Waals surface area contributed by atoms with Crippen LogP contribution in [0.25, 0.3) is 6.08 Å². The van der Waals surface area contributed by atoms with Crippen molar-refractivity contribution in [2.45, 2.75) is 19.0 Å². The molecule has 0 radical (unpaired) electrons. The predicted molar refractivity (Wildman–Crippen MR) is 152 cm³/mol. The highest BCUT2D eigenvalue weighted by Gasteiger charge is 2.23. The van der Waals surface area contributed by atoms with Crippen LogP contribution in [0.15, 0.2) is 91.5 Å². The standard InChI is InChI=1S/C29H25Cl2N5O3/c1-39-28(38)25(35-27(37)26-23(30)8-3-9-24(26)31)10-2-6-20-11-13-22(14-12-20)36(29-33-16-5-17-34-29)19-21-7-4-15-32-18-21/h2-9,11-18,25H,10,19H2,1H3,(H,35,37). The Morgan fingerprint density at radius 2 is 1.69 bits per heavy atom. The van der Waals surface area contributed by atoms with Gasteiger partial charge in [0.05, 0.1) is 29.3 Å². The summed E-state index contributed by atoms with van der Waals surface area (Å²) in [5, 5.41) is 3.04. The molecular formula is C29H25Cl2N5O3. The van der Waals surface area contributed by atoms with Gasteiger partial charge in [0.15, 0.2) is 0 Å². The van der Waals surface area contributed by atoms with E-state index in [9.17, 15) is 9.59 Å². The fourth-order valence-electron chi connectivity index (χ4n) is 3.79. The van der Waals surface area contributed by atoms with Crippen molar-refractivity contribution in [2.24, 2.45) is 0 Å². The van der Waals surface area contributed by atoms with Crippen molar-refractivity contribution in [2.75, 3.05) is 12.0 Å². The highest BCUT2D eigenvalue weighted by atomic mass is 35.5. The number of carbonyl (C=O) groups excluding carboxylic acids is 2. The van der Waals surface area contributed by atoms with Gasteiger partial charge in [-0.25, -0.2) is 14.8 Å². The lowest BCUT2D eigenvalue weighted by Gasteiger charge is -2.22. The lowest BCUT2D eigenvalue weighted by atomic mass is 10.1. The Labute approximate surface area is 236 Å². The molecule has 0 spiro atoms. The smallest absolute Gasteiger partial charge is 0.328 e. The van der Waals surface area contributed by atoms with E-state index in [0.29, 0.717) is 12.5 Å². The maximum absolute atomic E-state index is 12.8. The molecule has 1 N–H and O–H groups in total. The summed E-state index contributed by atoms with van der Waals surface area (Å²) in [6, 6.07) is 17.3. The predicted octanol–water partition coefficient (Wildman–Crippen LogP) is 5.89. The minimum Gasteiger partial charge on any atom is -0.467 e. The number of hydrogen-bond acceptors (Lipinski definition) is 7. The van der Waals surface area contributed by atoms with Crippen molar-refractivity contribution >= 4 is 52.8 Å². The number of hydrogen-bond donors (Lipinski definition) is 1. The molecule has 0 aliphatic heterocycles. The molecular weight excluding hydrogens is 537 g/mol. The SMILES string of the molecule is COC(=O)C(CC=Cc1ccc(N(Cc2cccnc2)c2ncccn2)cc1)NC(=O)c1c(Cl)cccc1Cl. The Balaban J connectivity index is 1.47. The van der Waals surface area contributed by atoms with Crippen molar-refractivity contribution in [1.82, 2.24) is 20.3 Å². The van der Waals surface area contributed by atoms with Crippen LogP contribution in [-0.2, 0) is 16.1 Å². The first-order valence-electron chi connectivity index (χ1n) is 12.0. The lowest BCUT2D eigenvalue weighted by Crippen LogP contribution is -2.41. The van der Waals surface area contributed by atoms with Crippen LogP contribution < -0.4 is 10.2 Å². The molecule has 0 saturated heterocycles. The largest absolute Gasteiger partial charge is 0.467 e. The van der Waals surface area contributed by atoms with E-state index in [1.807, 2.05) is 53.6 Å². The number of nitrogens with one attached hydrogen (secondary N) is 1. The van der Waals surface area contributed by atoms with Crippen molar-refractivity contribution in [3.8, 4) is 0 Å². The zero-order valence-electron chi connectivity index (χ0n) is 21.0. The monoisotopic (exact) mass is 561 g/mol. The fourth-order valence-corrected chi connectivity index (χ4v) is 4.36. The topological polar surface area (TPSA) is 97.3 Å². The highest BCUT2D eigenvalue weighted by Crippen LogP contribution is 2.26. The second-order valence-electron chi connectivity index (χ2n) is 8.37. The average molecular weight is 562 g/mol. The number of aromatic nitrogens is 3. The van der Waals surface area contributed by atoms with E-state index in [-0.39, 0.29) is 22.0 Å². The van der Waals surface area contributed by atoms with E-state index in [0.717, 1.165) is 16.8 Å². The summed E-state index contributed by atoms with van der Waals surface area (Å²) in [6.45, 7) is 0.545. The summed E-state index contributed by atoms with van der Waals surface area (Å²) in [4.78, 5) is 40.1. The summed E-state index contributed by atoms with van der Waals surface area (Å²) >= 11 is 12.3. The second kappa shape index (κ2) is 13.5. The zero-order chi connectivity index (χ0) is 27.6. The molecule has 4 aromatic rings. The van der Waals surface area contributed by atoms with Gasteiger partial charge in [0.2, 0.25) is 5.95 Å². The number of nitrogens with zero attached hydrogens (tertiary/aromatic N) is 4.